The van der Waals surface area contributed by atoms with E-state index < -0.39 is 0 Å². The summed E-state index contributed by atoms with van der Waals surface area (Å²) >= 11 is 1.52. The van der Waals surface area contributed by atoms with E-state index in [4.69, 9.17) is 4.74 Å². The first kappa shape index (κ1) is 17.1. The molecule has 2 aliphatic heterocycles. The third-order valence-corrected chi connectivity index (χ3v) is 5.76. The normalized spacial score (nSPS) is 16.8. The van der Waals surface area contributed by atoms with E-state index >= 15 is 0 Å². The van der Waals surface area contributed by atoms with Crippen molar-refractivity contribution < 1.29 is 14.3 Å². The predicted octanol–water partition coefficient (Wildman–Crippen LogP) is 2.65. The van der Waals surface area contributed by atoms with Crippen molar-refractivity contribution in [2.75, 3.05) is 19.7 Å². The van der Waals surface area contributed by atoms with Crippen LogP contribution in [-0.2, 0) is 17.6 Å². The molecule has 26 heavy (non-hydrogen) atoms. The van der Waals surface area contributed by atoms with Gasteiger partial charge in [0.25, 0.3) is 5.91 Å². The summed E-state index contributed by atoms with van der Waals surface area (Å²) in [5, 5.41) is 6.84. The van der Waals surface area contributed by atoms with Crippen molar-refractivity contribution >= 4 is 23.2 Å². The van der Waals surface area contributed by atoms with Gasteiger partial charge >= 0.3 is 0 Å². The van der Waals surface area contributed by atoms with Gasteiger partial charge in [0, 0.05) is 36.5 Å². The number of likely N-dealkylation sites (tertiary alicyclic amines) is 1. The quantitative estimate of drug-likeness (QED) is 0.900. The zero-order valence-electron chi connectivity index (χ0n) is 14.6. The lowest BCUT2D eigenvalue weighted by Gasteiger charge is -2.32. The van der Waals surface area contributed by atoms with Crippen molar-refractivity contribution in [2.24, 2.45) is 0 Å². The Labute approximate surface area is 157 Å². The summed E-state index contributed by atoms with van der Waals surface area (Å²) in [5.74, 6) is 1.09. The van der Waals surface area contributed by atoms with Crippen LogP contribution in [0.2, 0.25) is 0 Å². The minimum absolute atomic E-state index is 0.0172. The SMILES string of the molecule is O=C(NC1CCN(C(=O)Cc2ccc3c(c2)CCO3)CC1)c1ccsc1. The molecular formula is C20H22N2O3S. The van der Waals surface area contributed by atoms with E-state index in [-0.39, 0.29) is 17.9 Å². The Hall–Kier alpha value is -2.34. The number of thiophene rings is 1. The molecular weight excluding hydrogens is 348 g/mol. The summed E-state index contributed by atoms with van der Waals surface area (Å²) in [4.78, 5) is 26.6. The highest BCUT2D eigenvalue weighted by atomic mass is 32.1. The average Bonchev–Trinajstić information content (AvgIpc) is 3.33. The number of amides is 2. The smallest absolute Gasteiger partial charge is 0.252 e. The lowest BCUT2D eigenvalue weighted by Crippen LogP contribution is -2.46. The van der Waals surface area contributed by atoms with E-state index in [2.05, 4.69) is 11.4 Å². The molecule has 1 fully saturated rings. The van der Waals surface area contributed by atoms with E-state index in [1.165, 1.54) is 16.9 Å². The molecule has 2 aromatic rings. The number of carbonyl (C=O) groups is 2. The Kier molecular flexibility index (Phi) is 4.93. The second-order valence-electron chi connectivity index (χ2n) is 6.86. The number of hydrogen-bond acceptors (Lipinski definition) is 4. The highest BCUT2D eigenvalue weighted by Gasteiger charge is 2.24. The van der Waals surface area contributed by atoms with Gasteiger partial charge < -0.3 is 15.0 Å². The minimum Gasteiger partial charge on any atom is -0.493 e. The maximum absolute atomic E-state index is 12.6. The first-order valence-electron chi connectivity index (χ1n) is 9.04. The van der Waals surface area contributed by atoms with Crippen molar-refractivity contribution in [1.29, 1.82) is 0 Å². The molecule has 0 atom stereocenters. The summed E-state index contributed by atoms with van der Waals surface area (Å²) < 4.78 is 5.52. The van der Waals surface area contributed by atoms with Crippen LogP contribution < -0.4 is 10.1 Å². The van der Waals surface area contributed by atoms with E-state index in [9.17, 15) is 9.59 Å². The maximum Gasteiger partial charge on any atom is 0.252 e. The Morgan fingerprint density at radius 1 is 1.23 bits per heavy atom. The summed E-state index contributed by atoms with van der Waals surface area (Å²) in [5.41, 5.74) is 2.96. The standard InChI is InChI=1S/C20H22N2O3S/c23-19(12-14-1-2-18-15(11-14)5-9-25-18)22-7-3-17(4-8-22)21-20(24)16-6-10-26-13-16/h1-2,6,10-11,13,17H,3-5,7-9,12H2,(H,21,24). The molecule has 0 bridgehead atoms. The highest BCUT2D eigenvalue weighted by Crippen LogP contribution is 2.26. The fourth-order valence-corrected chi connectivity index (χ4v) is 4.21. The van der Waals surface area contributed by atoms with Crippen LogP contribution in [-0.4, -0.2) is 42.5 Å². The number of rotatable bonds is 4. The number of nitrogens with zero attached hydrogens (tertiary/aromatic N) is 1. The molecule has 1 N–H and O–H groups in total. The van der Waals surface area contributed by atoms with Crippen molar-refractivity contribution in [3.63, 3.8) is 0 Å². The lowest BCUT2D eigenvalue weighted by molar-refractivity contribution is -0.131. The summed E-state index contributed by atoms with van der Waals surface area (Å²) in [6.07, 6.45) is 2.96. The van der Waals surface area contributed by atoms with Gasteiger partial charge in [-0.2, -0.15) is 11.3 Å². The van der Waals surface area contributed by atoms with Crippen LogP contribution in [0.15, 0.2) is 35.0 Å². The molecule has 136 valence electrons. The van der Waals surface area contributed by atoms with Gasteiger partial charge in [-0.3, -0.25) is 9.59 Å². The number of benzene rings is 1. The van der Waals surface area contributed by atoms with Crippen LogP contribution in [0.25, 0.3) is 0 Å². The molecule has 0 aliphatic carbocycles. The van der Waals surface area contributed by atoms with E-state index in [1.807, 2.05) is 33.9 Å². The molecule has 0 unspecified atom stereocenters. The largest absolute Gasteiger partial charge is 0.493 e. The third kappa shape index (κ3) is 3.75. The lowest BCUT2D eigenvalue weighted by atomic mass is 10.0. The molecule has 2 amide bonds. The molecule has 1 saturated heterocycles. The molecule has 0 spiro atoms. The van der Waals surface area contributed by atoms with Crippen molar-refractivity contribution in [1.82, 2.24) is 10.2 Å². The molecule has 1 aromatic heterocycles. The Morgan fingerprint density at radius 3 is 2.85 bits per heavy atom. The van der Waals surface area contributed by atoms with E-state index in [0.717, 1.165) is 37.2 Å². The van der Waals surface area contributed by atoms with E-state index in [1.54, 1.807) is 0 Å². The van der Waals surface area contributed by atoms with E-state index in [0.29, 0.717) is 25.1 Å². The molecule has 0 radical (unpaired) electrons. The molecule has 6 heteroatoms. The van der Waals surface area contributed by atoms with Crippen molar-refractivity contribution in [3.05, 3.63) is 51.7 Å². The Balaban J connectivity index is 1.27. The topological polar surface area (TPSA) is 58.6 Å². The molecule has 2 aliphatic rings. The third-order valence-electron chi connectivity index (χ3n) is 5.08. The Bertz CT molecular complexity index is 795. The van der Waals surface area contributed by atoms with Crippen LogP contribution in [0.5, 0.6) is 5.75 Å². The molecule has 4 rings (SSSR count). The second kappa shape index (κ2) is 7.50. The molecule has 1 aromatic carbocycles. The summed E-state index contributed by atoms with van der Waals surface area (Å²) in [6, 6.07) is 8.02. The number of carbonyl (C=O) groups excluding carboxylic acids is 2. The van der Waals surface area contributed by atoms with Gasteiger partial charge in [0.05, 0.1) is 13.0 Å². The highest BCUT2D eigenvalue weighted by molar-refractivity contribution is 7.08. The zero-order valence-corrected chi connectivity index (χ0v) is 15.4. The Morgan fingerprint density at radius 2 is 2.08 bits per heavy atom. The fraction of sp³-hybridized carbons (Fsp3) is 0.400. The second-order valence-corrected chi connectivity index (χ2v) is 7.64. The first-order valence-corrected chi connectivity index (χ1v) is 9.99. The summed E-state index contributed by atoms with van der Waals surface area (Å²) in [6.45, 7) is 2.13. The molecule has 0 saturated carbocycles. The number of fused-ring (bicyclic) bond motifs is 1. The number of nitrogens with one attached hydrogen (secondary N) is 1. The minimum atomic E-state index is -0.0172. The number of ether oxygens (including phenoxy) is 1. The van der Waals surface area contributed by atoms with Gasteiger partial charge in [0.1, 0.15) is 5.75 Å². The van der Waals surface area contributed by atoms with Gasteiger partial charge in [-0.05, 0) is 41.5 Å². The molecule has 5 nitrogen and oxygen atoms in total. The van der Waals surface area contributed by atoms with Crippen LogP contribution in [0.3, 0.4) is 0 Å². The van der Waals surface area contributed by atoms with Gasteiger partial charge in [0.15, 0.2) is 0 Å². The molecule has 3 heterocycles. The van der Waals surface area contributed by atoms with Crippen LogP contribution >= 0.6 is 11.3 Å². The zero-order chi connectivity index (χ0) is 17.9. The predicted molar refractivity (Wildman–Crippen MR) is 101 cm³/mol. The van der Waals surface area contributed by atoms with Crippen LogP contribution in [0.1, 0.15) is 34.3 Å². The monoisotopic (exact) mass is 370 g/mol. The fourth-order valence-electron chi connectivity index (χ4n) is 3.57. The van der Waals surface area contributed by atoms with Crippen LogP contribution in [0.4, 0.5) is 0 Å². The maximum atomic E-state index is 12.6. The number of piperidine rings is 1. The van der Waals surface area contributed by atoms with Crippen molar-refractivity contribution in [3.8, 4) is 5.75 Å². The number of hydrogen-bond donors (Lipinski definition) is 1. The summed E-state index contributed by atoms with van der Waals surface area (Å²) in [7, 11) is 0. The van der Waals surface area contributed by atoms with Gasteiger partial charge in [-0.25, -0.2) is 0 Å². The van der Waals surface area contributed by atoms with Crippen LogP contribution in [0, 0.1) is 0 Å². The van der Waals surface area contributed by atoms with Crippen molar-refractivity contribution in [2.45, 2.75) is 31.7 Å². The first-order chi connectivity index (χ1) is 12.7. The van der Waals surface area contributed by atoms with Gasteiger partial charge in [-0.15, -0.1) is 0 Å². The van der Waals surface area contributed by atoms with Gasteiger partial charge in [0.2, 0.25) is 5.91 Å². The van der Waals surface area contributed by atoms with Gasteiger partial charge in [-0.1, -0.05) is 12.1 Å². The average molecular weight is 370 g/mol.